The van der Waals surface area contributed by atoms with Crippen LogP contribution in [0.3, 0.4) is 0 Å². The van der Waals surface area contributed by atoms with Gasteiger partial charge in [0.05, 0.1) is 5.56 Å². The molecule has 0 amide bonds. The van der Waals surface area contributed by atoms with Crippen molar-refractivity contribution < 1.29 is 9.13 Å². The second-order valence-corrected chi connectivity index (χ2v) is 4.69. The number of rotatable bonds is 3. The van der Waals surface area contributed by atoms with Gasteiger partial charge in [-0.1, -0.05) is 0 Å². The average molecular weight is 273 g/mol. The largest absolute Gasteiger partial charge is 0.438 e. The van der Waals surface area contributed by atoms with Gasteiger partial charge in [-0.25, -0.2) is 9.37 Å². The molecule has 4 nitrogen and oxygen atoms in total. The van der Waals surface area contributed by atoms with Crippen molar-refractivity contribution in [2.24, 2.45) is 5.73 Å². The fourth-order valence-corrected chi connectivity index (χ4v) is 2.00. The number of hydrogen-bond acceptors (Lipinski definition) is 3. The van der Waals surface area contributed by atoms with E-state index in [1.807, 2.05) is 19.9 Å². The number of aromatic nitrogens is 1. The number of nitrogens with one attached hydrogen (secondary N) is 1. The predicted molar refractivity (Wildman–Crippen MR) is 75.9 cm³/mol. The average Bonchev–Trinajstić information content (AvgIpc) is 2.32. The maximum atomic E-state index is 13.2. The topological polar surface area (TPSA) is 72.0 Å². The number of pyridine rings is 1. The van der Waals surface area contributed by atoms with Gasteiger partial charge < -0.3 is 10.5 Å². The van der Waals surface area contributed by atoms with Crippen LogP contribution in [0.1, 0.15) is 22.4 Å². The molecule has 0 saturated carbocycles. The molecule has 0 aliphatic heterocycles. The van der Waals surface area contributed by atoms with E-state index >= 15 is 0 Å². The molecule has 104 valence electrons. The van der Waals surface area contributed by atoms with Crippen molar-refractivity contribution in [3.8, 4) is 11.6 Å². The first-order valence-electron chi connectivity index (χ1n) is 6.15. The Kier molecular flexibility index (Phi) is 3.70. The van der Waals surface area contributed by atoms with Crippen molar-refractivity contribution in [2.75, 3.05) is 0 Å². The first kappa shape index (κ1) is 14.0. The second kappa shape index (κ2) is 5.28. The molecule has 0 unspecified atom stereocenters. The van der Waals surface area contributed by atoms with Crippen LogP contribution < -0.4 is 10.5 Å². The third kappa shape index (κ3) is 2.77. The molecule has 1 heterocycles. The van der Waals surface area contributed by atoms with E-state index in [0.717, 1.165) is 11.3 Å². The lowest BCUT2D eigenvalue weighted by Crippen LogP contribution is -2.15. The number of halogens is 1. The third-order valence-corrected chi connectivity index (χ3v) is 2.92. The quantitative estimate of drug-likeness (QED) is 0.666. The molecule has 0 saturated heterocycles. The lowest BCUT2D eigenvalue weighted by atomic mass is 10.1. The molecule has 0 fully saturated rings. The molecule has 0 radical (unpaired) electrons. The van der Waals surface area contributed by atoms with Gasteiger partial charge >= 0.3 is 0 Å². The van der Waals surface area contributed by atoms with Crippen LogP contribution in [0.2, 0.25) is 0 Å². The van der Waals surface area contributed by atoms with Gasteiger partial charge in [-0.2, -0.15) is 0 Å². The van der Waals surface area contributed by atoms with Crippen LogP contribution in [-0.4, -0.2) is 10.8 Å². The Labute approximate surface area is 116 Å². The molecule has 1 aromatic heterocycles. The zero-order valence-electron chi connectivity index (χ0n) is 11.6. The van der Waals surface area contributed by atoms with Crippen LogP contribution in [0, 0.1) is 32.0 Å². The maximum absolute atomic E-state index is 13.2. The maximum Gasteiger partial charge on any atom is 0.230 e. The summed E-state index contributed by atoms with van der Waals surface area (Å²) < 4.78 is 18.9. The summed E-state index contributed by atoms with van der Waals surface area (Å²) in [6, 6.07) is 6.27. The van der Waals surface area contributed by atoms with Crippen molar-refractivity contribution in [1.29, 1.82) is 5.41 Å². The summed E-state index contributed by atoms with van der Waals surface area (Å²) in [5.41, 5.74) is 8.10. The molecule has 2 rings (SSSR count). The molecular weight excluding hydrogens is 257 g/mol. The number of benzene rings is 1. The number of nitrogen functional groups attached to an aromatic ring is 1. The number of hydrogen-bond donors (Lipinski definition) is 2. The van der Waals surface area contributed by atoms with Crippen molar-refractivity contribution in [2.45, 2.75) is 20.8 Å². The summed E-state index contributed by atoms with van der Waals surface area (Å²) in [7, 11) is 0. The Bertz CT molecular complexity index is 683. The van der Waals surface area contributed by atoms with Gasteiger partial charge in [-0.05, 0) is 56.2 Å². The van der Waals surface area contributed by atoms with Crippen LogP contribution in [0.15, 0.2) is 24.3 Å². The number of amidine groups is 1. The van der Waals surface area contributed by atoms with Gasteiger partial charge in [0.1, 0.15) is 17.4 Å². The zero-order valence-corrected chi connectivity index (χ0v) is 11.6. The fourth-order valence-electron chi connectivity index (χ4n) is 2.00. The highest BCUT2D eigenvalue weighted by Gasteiger charge is 2.14. The molecule has 0 bridgehead atoms. The molecule has 1 aromatic carbocycles. The summed E-state index contributed by atoms with van der Waals surface area (Å²) in [4.78, 5) is 4.27. The highest BCUT2D eigenvalue weighted by atomic mass is 19.1. The molecule has 0 atom stereocenters. The Balaban J connectivity index is 2.47. The van der Waals surface area contributed by atoms with Gasteiger partial charge in [0.2, 0.25) is 5.88 Å². The van der Waals surface area contributed by atoms with E-state index in [9.17, 15) is 4.39 Å². The summed E-state index contributed by atoms with van der Waals surface area (Å²) in [5, 5.41) is 7.63. The number of ether oxygens (including phenoxy) is 1. The van der Waals surface area contributed by atoms with E-state index in [1.54, 1.807) is 13.0 Å². The van der Waals surface area contributed by atoms with Gasteiger partial charge in [-0.15, -0.1) is 0 Å². The predicted octanol–water partition coefficient (Wildman–Crippen LogP) is 3.22. The molecule has 0 aliphatic carbocycles. The van der Waals surface area contributed by atoms with Crippen molar-refractivity contribution in [3.05, 3.63) is 52.5 Å². The molecular formula is C15H16FN3O. The van der Waals surface area contributed by atoms with E-state index < -0.39 is 0 Å². The molecule has 20 heavy (non-hydrogen) atoms. The third-order valence-electron chi connectivity index (χ3n) is 2.92. The lowest BCUT2D eigenvalue weighted by Gasteiger charge is -2.13. The van der Waals surface area contributed by atoms with Gasteiger partial charge in [0, 0.05) is 5.69 Å². The van der Waals surface area contributed by atoms with Crippen LogP contribution in [0.25, 0.3) is 0 Å². The normalized spacial score (nSPS) is 10.4. The molecule has 2 aromatic rings. The standard InChI is InChI=1S/C15H16FN3O/c1-8-7-11(4-5-12(8)16)20-15-13(14(17)18)9(2)6-10(3)19-15/h4-7H,1-3H3,(H3,17,18). The minimum atomic E-state index is -0.294. The zero-order chi connectivity index (χ0) is 14.9. The summed E-state index contributed by atoms with van der Waals surface area (Å²) >= 11 is 0. The fraction of sp³-hybridized carbons (Fsp3) is 0.200. The van der Waals surface area contributed by atoms with E-state index in [4.69, 9.17) is 15.9 Å². The summed E-state index contributed by atoms with van der Waals surface area (Å²) in [6.45, 7) is 5.33. The van der Waals surface area contributed by atoms with Crippen molar-refractivity contribution in [1.82, 2.24) is 4.98 Å². The van der Waals surface area contributed by atoms with Crippen LogP contribution in [0.5, 0.6) is 11.6 Å². The minimum Gasteiger partial charge on any atom is -0.438 e. The Morgan fingerprint density at radius 2 is 1.90 bits per heavy atom. The van der Waals surface area contributed by atoms with E-state index in [-0.39, 0.29) is 17.5 Å². The Hall–Kier alpha value is -2.43. The Morgan fingerprint density at radius 1 is 1.20 bits per heavy atom. The van der Waals surface area contributed by atoms with E-state index in [0.29, 0.717) is 16.9 Å². The van der Waals surface area contributed by atoms with Crippen molar-refractivity contribution in [3.63, 3.8) is 0 Å². The lowest BCUT2D eigenvalue weighted by molar-refractivity contribution is 0.457. The van der Waals surface area contributed by atoms with Gasteiger partial charge in [0.25, 0.3) is 0 Å². The van der Waals surface area contributed by atoms with Crippen LogP contribution in [0.4, 0.5) is 4.39 Å². The smallest absolute Gasteiger partial charge is 0.230 e. The number of nitrogens with two attached hydrogens (primary N) is 1. The SMILES string of the molecule is Cc1cc(C)c(C(=N)N)c(Oc2ccc(F)c(C)c2)n1. The Morgan fingerprint density at radius 3 is 2.50 bits per heavy atom. The van der Waals surface area contributed by atoms with Crippen molar-refractivity contribution >= 4 is 5.84 Å². The molecule has 5 heteroatoms. The first-order valence-corrected chi connectivity index (χ1v) is 6.15. The monoisotopic (exact) mass is 273 g/mol. The molecule has 0 spiro atoms. The van der Waals surface area contributed by atoms with E-state index in [2.05, 4.69) is 4.98 Å². The van der Waals surface area contributed by atoms with E-state index in [1.165, 1.54) is 12.1 Å². The number of aryl methyl sites for hydroxylation is 3. The summed E-state index contributed by atoms with van der Waals surface area (Å²) in [6.07, 6.45) is 0. The molecule has 0 aliphatic rings. The summed E-state index contributed by atoms with van der Waals surface area (Å²) in [5.74, 6) is 0.325. The minimum absolute atomic E-state index is 0.108. The molecule has 3 N–H and O–H groups in total. The second-order valence-electron chi connectivity index (χ2n) is 4.69. The van der Waals surface area contributed by atoms with Gasteiger partial charge in [0.15, 0.2) is 0 Å². The first-order chi connectivity index (χ1) is 9.38. The van der Waals surface area contributed by atoms with Crippen LogP contribution in [-0.2, 0) is 0 Å². The number of nitrogens with zero attached hydrogens (tertiary/aromatic N) is 1. The highest BCUT2D eigenvalue weighted by Crippen LogP contribution is 2.27. The van der Waals surface area contributed by atoms with Crippen LogP contribution >= 0.6 is 0 Å². The highest BCUT2D eigenvalue weighted by molar-refractivity contribution is 5.98. The van der Waals surface area contributed by atoms with Gasteiger partial charge in [-0.3, -0.25) is 5.41 Å².